The third-order valence-electron chi connectivity index (χ3n) is 2.26. The van der Waals surface area contributed by atoms with Gasteiger partial charge in [-0.2, -0.15) is 0 Å². The smallest absolute Gasteiger partial charge is 0.271 e. The summed E-state index contributed by atoms with van der Waals surface area (Å²) in [6.07, 6.45) is 3.29. The summed E-state index contributed by atoms with van der Waals surface area (Å²) in [5.74, 6) is 6.08. The van der Waals surface area contributed by atoms with E-state index in [2.05, 4.69) is 27.1 Å². The van der Waals surface area contributed by atoms with Gasteiger partial charge in [-0.15, -0.1) is 11.3 Å². The van der Waals surface area contributed by atoms with E-state index in [1.54, 1.807) is 29.9 Å². The Morgan fingerprint density at radius 3 is 3.10 bits per heavy atom. The van der Waals surface area contributed by atoms with Crippen molar-refractivity contribution < 1.29 is 9.53 Å². The molecule has 0 aromatic carbocycles. The van der Waals surface area contributed by atoms with Gasteiger partial charge in [0.1, 0.15) is 18.1 Å². The highest BCUT2D eigenvalue weighted by Gasteiger charge is 2.06. The van der Waals surface area contributed by atoms with E-state index in [0.29, 0.717) is 11.4 Å². The fourth-order valence-electron chi connectivity index (χ4n) is 1.35. The van der Waals surface area contributed by atoms with Gasteiger partial charge in [-0.05, 0) is 19.1 Å². The molecule has 0 aliphatic heterocycles. The molecule has 0 spiro atoms. The van der Waals surface area contributed by atoms with Crippen molar-refractivity contribution in [1.82, 2.24) is 15.3 Å². The van der Waals surface area contributed by atoms with Crippen LogP contribution in [0.15, 0.2) is 29.9 Å². The molecule has 0 aliphatic carbocycles. The number of hydrogen-bond acceptors (Lipinski definition) is 5. The molecule has 0 bridgehead atoms. The highest BCUT2D eigenvalue weighted by Crippen LogP contribution is 2.07. The topological polar surface area (TPSA) is 64.1 Å². The van der Waals surface area contributed by atoms with Crippen LogP contribution in [-0.2, 0) is 0 Å². The van der Waals surface area contributed by atoms with E-state index in [-0.39, 0.29) is 19.1 Å². The fourth-order valence-corrected chi connectivity index (χ4v) is 1.94. The summed E-state index contributed by atoms with van der Waals surface area (Å²) in [6, 6.07) is 3.60. The summed E-state index contributed by atoms with van der Waals surface area (Å²) >= 11 is 1.44. The Hall–Kier alpha value is -2.39. The molecule has 2 aromatic heterocycles. The van der Waals surface area contributed by atoms with Crippen LogP contribution >= 0.6 is 11.3 Å². The Bertz CT molecular complexity index is 629. The molecule has 2 aromatic rings. The first-order valence-electron chi connectivity index (χ1n) is 5.94. The number of carbonyl (C=O) groups excluding carboxylic acids is 1. The number of nitrogens with zero attached hydrogens (tertiary/aromatic N) is 2. The van der Waals surface area contributed by atoms with E-state index in [0.717, 1.165) is 5.01 Å². The summed E-state index contributed by atoms with van der Waals surface area (Å²) in [4.78, 5) is 19.7. The van der Waals surface area contributed by atoms with Crippen molar-refractivity contribution in [2.75, 3.05) is 13.2 Å². The van der Waals surface area contributed by atoms with E-state index in [9.17, 15) is 4.79 Å². The van der Waals surface area contributed by atoms with Crippen molar-refractivity contribution in [1.29, 1.82) is 0 Å². The number of amides is 1. The molecule has 102 valence electrons. The van der Waals surface area contributed by atoms with E-state index in [4.69, 9.17) is 4.74 Å². The highest BCUT2D eigenvalue weighted by molar-refractivity contribution is 7.09. The minimum Gasteiger partial charge on any atom is -0.479 e. The number of rotatable bonds is 4. The number of pyridine rings is 1. The first kappa shape index (κ1) is 14.0. The summed E-state index contributed by atoms with van der Waals surface area (Å²) in [6.45, 7) is 2.39. The second-order valence-corrected chi connectivity index (χ2v) is 4.83. The van der Waals surface area contributed by atoms with Gasteiger partial charge in [-0.3, -0.25) is 9.78 Å². The molecule has 0 fully saturated rings. The third kappa shape index (κ3) is 4.37. The zero-order valence-corrected chi connectivity index (χ0v) is 11.7. The lowest BCUT2D eigenvalue weighted by atomic mass is 10.4. The van der Waals surface area contributed by atoms with Crippen LogP contribution in [-0.4, -0.2) is 29.0 Å². The minimum atomic E-state index is -0.211. The Balaban J connectivity index is 1.69. The van der Waals surface area contributed by atoms with Gasteiger partial charge in [0.15, 0.2) is 0 Å². The van der Waals surface area contributed by atoms with Crippen LogP contribution in [0.5, 0.6) is 5.75 Å². The monoisotopic (exact) mass is 287 g/mol. The molecule has 20 heavy (non-hydrogen) atoms. The number of ether oxygens (including phenoxy) is 1. The SMILES string of the molecule is Cc1nc(C(=O)NCC#CCOc2cccnc2)cs1. The van der Waals surface area contributed by atoms with Crippen LogP contribution in [0.1, 0.15) is 15.5 Å². The molecule has 0 atom stereocenters. The first-order valence-corrected chi connectivity index (χ1v) is 6.82. The number of hydrogen-bond donors (Lipinski definition) is 1. The minimum absolute atomic E-state index is 0.211. The predicted octanol–water partition coefficient (Wildman–Crippen LogP) is 1.66. The maximum atomic E-state index is 11.6. The molecular formula is C14H13N3O2S. The van der Waals surface area contributed by atoms with Crippen LogP contribution in [0.4, 0.5) is 0 Å². The molecule has 1 N–H and O–H groups in total. The summed E-state index contributed by atoms with van der Waals surface area (Å²) in [5, 5.41) is 5.27. The molecule has 2 rings (SSSR count). The average molecular weight is 287 g/mol. The van der Waals surface area contributed by atoms with E-state index >= 15 is 0 Å². The molecule has 0 unspecified atom stereocenters. The maximum absolute atomic E-state index is 11.6. The fraction of sp³-hybridized carbons (Fsp3) is 0.214. The Morgan fingerprint density at radius 1 is 1.50 bits per heavy atom. The van der Waals surface area contributed by atoms with Crippen LogP contribution in [0.25, 0.3) is 0 Å². The molecule has 0 saturated carbocycles. The maximum Gasteiger partial charge on any atom is 0.271 e. The van der Waals surface area contributed by atoms with Crippen LogP contribution in [0.3, 0.4) is 0 Å². The zero-order valence-electron chi connectivity index (χ0n) is 10.9. The number of nitrogens with one attached hydrogen (secondary N) is 1. The number of aromatic nitrogens is 2. The van der Waals surface area contributed by atoms with Crippen molar-refractivity contribution in [3.8, 4) is 17.6 Å². The van der Waals surface area contributed by atoms with Crippen LogP contribution in [0, 0.1) is 18.8 Å². The van der Waals surface area contributed by atoms with Gasteiger partial charge in [0.05, 0.1) is 17.7 Å². The van der Waals surface area contributed by atoms with Gasteiger partial charge >= 0.3 is 0 Å². The molecule has 0 radical (unpaired) electrons. The van der Waals surface area contributed by atoms with E-state index in [1.807, 2.05) is 6.92 Å². The van der Waals surface area contributed by atoms with E-state index in [1.165, 1.54) is 11.3 Å². The standard InChI is InChI=1S/C14H13N3O2S/c1-11-17-13(10-20-11)14(18)16-7-2-3-8-19-12-5-4-6-15-9-12/h4-6,9-10H,7-8H2,1H3,(H,16,18). The molecule has 6 heteroatoms. The lowest BCUT2D eigenvalue weighted by molar-refractivity contribution is 0.0954. The van der Waals surface area contributed by atoms with Crippen LogP contribution < -0.4 is 10.1 Å². The van der Waals surface area contributed by atoms with Crippen molar-refractivity contribution in [2.24, 2.45) is 0 Å². The lowest BCUT2D eigenvalue weighted by Gasteiger charge is -1.99. The normalized spacial score (nSPS) is 9.45. The molecule has 0 aliphatic rings. The van der Waals surface area contributed by atoms with Crippen molar-refractivity contribution in [3.05, 3.63) is 40.6 Å². The molecule has 5 nitrogen and oxygen atoms in total. The van der Waals surface area contributed by atoms with Gasteiger partial charge in [0.2, 0.25) is 0 Å². The number of aryl methyl sites for hydroxylation is 1. The van der Waals surface area contributed by atoms with Gasteiger partial charge in [-0.1, -0.05) is 11.8 Å². The molecular weight excluding hydrogens is 274 g/mol. The van der Waals surface area contributed by atoms with Gasteiger partial charge in [-0.25, -0.2) is 4.98 Å². The zero-order chi connectivity index (χ0) is 14.2. The first-order chi connectivity index (χ1) is 9.75. The third-order valence-corrected chi connectivity index (χ3v) is 3.03. The summed E-state index contributed by atoms with van der Waals surface area (Å²) < 4.78 is 5.34. The van der Waals surface area contributed by atoms with Crippen molar-refractivity contribution in [2.45, 2.75) is 6.92 Å². The lowest BCUT2D eigenvalue weighted by Crippen LogP contribution is -2.23. The molecule has 0 saturated heterocycles. The number of carbonyl (C=O) groups is 1. The van der Waals surface area contributed by atoms with Gasteiger partial charge in [0, 0.05) is 11.6 Å². The van der Waals surface area contributed by atoms with Gasteiger partial charge in [0.25, 0.3) is 5.91 Å². The second kappa shape index (κ2) is 7.26. The highest BCUT2D eigenvalue weighted by atomic mass is 32.1. The van der Waals surface area contributed by atoms with E-state index < -0.39 is 0 Å². The van der Waals surface area contributed by atoms with Crippen molar-refractivity contribution >= 4 is 17.2 Å². The Kier molecular flexibility index (Phi) is 5.09. The number of thiazole rings is 1. The average Bonchev–Trinajstić information content (AvgIpc) is 2.90. The quantitative estimate of drug-likeness (QED) is 0.869. The van der Waals surface area contributed by atoms with Gasteiger partial charge < -0.3 is 10.1 Å². The Labute approximate surface area is 121 Å². The molecule has 2 heterocycles. The summed E-state index contributed by atoms with van der Waals surface area (Å²) in [7, 11) is 0. The summed E-state index contributed by atoms with van der Waals surface area (Å²) in [5.41, 5.74) is 0.431. The largest absolute Gasteiger partial charge is 0.479 e. The van der Waals surface area contributed by atoms with Crippen molar-refractivity contribution in [3.63, 3.8) is 0 Å². The Morgan fingerprint density at radius 2 is 2.40 bits per heavy atom. The second-order valence-electron chi connectivity index (χ2n) is 3.77. The van der Waals surface area contributed by atoms with Crippen LogP contribution in [0.2, 0.25) is 0 Å². The predicted molar refractivity (Wildman–Crippen MR) is 76.7 cm³/mol. The molecule has 1 amide bonds.